The minimum atomic E-state index is -2.95. The fourth-order valence-corrected chi connectivity index (χ4v) is 2.27. The van der Waals surface area contributed by atoms with Crippen LogP contribution in [0.3, 0.4) is 0 Å². The van der Waals surface area contributed by atoms with Gasteiger partial charge in [0, 0.05) is 26.4 Å². The summed E-state index contributed by atoms with van der Waals surface area (Å²) in [6, 6.07) is 6.29. The fraction of sp³-hybridized carbons (Fsp3) is 0.500. The van der Waals surface area contributed by atoms with Crippen molar-refractivity contribution in [1.82, 2.24) is 10.6 Å². The predicted molar refractivity (Wildman–Crippen MR) is 83.8 cm³/mol. The number of benzene rings is 1. The Balaban J connectivity index is 2.49. The number of hydrogen-bond donors (Lipinski definition) is 2. The van der Waals surface area contributed by atoms with Crippen LogP contribution in [0.15, 0.2) is 23.2 Å². The maximum Gasteiger partial charge on any atom is 0.191 e. The fourth-order valence-electron chi connectivity index (χ4n) is 1.80. The molecule has 0 amide bonds. The number of sulfone groups is 1. The Morgan fingerprint density at radius 2 is 1.95 bits per heavy atom. The summed E-state index contributed by atoms with van der Waals surface area (Å²) >= 11 is 0. The van der Waals surface area contributed by atoms with Gasteiger partial charge in [0.05, 0.1) is 5.75 Å². The normalized spacial score (nSPS) is 12.3. The van der Waals surface area contributed by atoms with E-state index in [1.807, 2.05) is 0 Å². The van der Waals surface area contributed by atoms with Crippen LogP contribution in [-0.2, 0) is 16.4 Å². The first-order valence-corrected chi connectivity index (χ1v) is 8.56. The van der Waals surface area contributed by atoms with Crippen LogP contribution in [0.5, 0.6) is 0 Å². The summed E-state index contributed by atoms with van der Waals surface area (Å²) in [5, 5.41) is 6.16. The Bertz CT molecular complexity index is 580. The van der Waals surface area contributed by atoms with Gasteiger partial charge in [-0.2, -0.15) is 0 Å². The van der Waals surface area contributed by atoms with Gasteiger partial charge in [-0.1, -0.05) is 23.8 Å². The van der Waals surface area contributed by atoms with Crippen molar-refractivity contribution in [1.29, 1.82) is 0 Å². The van der Waals surface area contributed by atoms with Crippen molar-refractivity contribution in [2.24, 2.45) is 4.99 Å². The molecule has 2 N–H and O–H groups in total. The van der Waals surface area contributed by atoms with Crippen molar-refractivity contribution in [2.75, 3.05) is 25.6 Å². The van der Waals surface area contributed by atoms with Crippen LogP contribution >= 0.6 is 0 Å². The maximum atomic E-state index is 11.1. The van der Waals surface area contributed by atoms with Crippen molar-refractivity contribution in [3.05, 3.63) is 34.9 Å². The second kappa shape index (κ2) is 7.28. The van der Waals surface area contributed by atoms with Gasteiger partial charge in [0.2, 0.25) is 0 Å². The van der Waals surface area contributed by atoms with Crippen molar-refractivity contribution in [3.63, 3.8) is 0 Å². The minimum Gasteiger partial charge on any atom is -0.355 e. The minimum absolute atomic E-state index is 0.0945. The molecular formula is C14H23N3O2S. The van der Waals surface area contributed by atoms with Gasteiger partial charge >= 0.3 is 0 Å². The molecule has 0 aromatic heterocycles. The van der Waals surface area contributed by atoms with Crippen LogP contribution in [0, 0.1) is 13.8 Å². The van der Waals surface area contributed by atoms with Crippen LogP contribution in [0.1, 0.15) is 16.7 Å². The standard InChI is InChI=1S/C14H23N3O2S/c1-11-5-6-13(12(2)9-11)10-17-14(15-3)16-7-8-20(4,18)19/h5-6,9H,7-8,10H2,1-4H3,(H2,15,16,17). The van der Waals surface area contributed by atoms with Crippen LogP contribution in [-0.4, -0.2) is 40.0 Å². The van der Waals surface area contributed by atoms with Gasteiger partial charge in [-0.15, -0.1) is 0 Å². The number of hydrogen-bond acceptors (Lipinski definition) is 3. The van der Waals surface area contributed by atoms with Gasteiger partial charge in [0.15, 0.2) is 5.96 Å². The average molecular weight is 297 g/mol. The SMILES string of the molecule is CN=C(NCCS(C)(=O)=O)NCc1ccc(C)cc1C. The van der Waals surface area contributed by atoms with E-state index in [4.69, 9.17) is 0 Å². The third kappa shape index (κ3) is 6.06. The lowest BCUT2D eigenvalue weighted by atomic mass is 10.1. The number of nitrogens with one attached hydrogen (secondary N) is 2. The summed E-state index contributed by atoms with van der Waals surface area (Å²) in [6.45, 7) is 5.15. The summed E-state index contributed by atoms with van der Waals surface area (Å²) in [5.74, 6) is 0.700. The van der Waals surface area contributed by atoms with Gasteiger partial charge < -0.3 is 10.6 Å². The van der Waals surface area contributed by atoms with E-state index in [0.29, 0.717) is 19.0 Å². The molecule has 0 aliphatic carbocycles. The molecule has 0 aliphatic rings. The zero-order valence-electron chi connectivity index (χ0n) is 12.5. The van der Waals surface area contributed by atoms with E-state index in [-0.39, 0.29) is 5.75 Å². The third-order valence-electron chi connectivity index (χ3n) is 2.93. The van der Waals surface area contributed by atoms with Crippen LogP contribution in [0.4, 0.5) is 0 Å². The monoisotopic (exact) mass is 297 g/mol. The zero-order chi connectivity index (χ0) is 15.2. The van der Waals surface area contributed by atoms with Gasteiger partial charge in [-0.3, -0.25) is 4.99 Å². The molecule has 1 rings (SSSR count). The van der Waals surface area contributed by atoms with E-state index in [1.54, 1.807) is 7.05 Å². The van der Waals surface area contributed by atoms with E-state index >= 15 is 0 Å². The average Bonchev–Trinajstić information content (AvgIpc) is 2.34. The number of nitrogens with zero attached hydrogens (tertiary/aromatic N) is 1. The molecule has 0 heterocycles. The van der Waals surface area contributed by atoms with E-state index in [1.165, 1.54) is 22.9 Å². The molecule has 0 aliphatic heterocycles. The Kier molecular flexibility index (Phi) is 6.01. The summed E-state index contributed by atoms with van der Waals surface area (Å²) in [5.41, 5.74) is 3.66. The summed E-state index contributed by atoms with van der Waals surface area (Å²) in [4.78, 5) is 4.07. The molecule has 0 spiro atoms. The molecular weight excluding hydrogens is 274 g/mol. The van der Waals surface area contributed by atoms with E-state index < -0.39 is 9.84 Å². The molecule has 0 unspecified atom stereocenters. The Labute approximate surface area is 121 Å². The highest BCUT2D eigenvalue weighted by Gasteiger charge is 2.04. The molecule has 0 saturated heterocycles. The largest absolute Gasteiger partial charge is 0.355 e. The molecule has 0 atom stereocenters. The topological polar surface area (TPSA) is 70.6 Å². The highest BCUT2D eigenvalue weighted by molar-refractivity contribution is 7.90. The van der Waals surface area contributed by atoms with Gasteiger partial charge in [0.25, 0.3) is 0 Å². The van der Waals surface area contributed by atoms with Crippen molar-refractivity contribution in [2.45, 2.75) is 20.4 Å². The van der Waals surface area contributed by atoms with Gasteiger partial charge in [0.1, 0.15) is 9.84 Å². The summed E-state index contributed by atoms with van der Waals surface area (Å²) < 4.78 is 22.1. The Morgan fingerprint density at radius 3 is 2.50 bits per heavy atom. The number of rotatable bonds is 5. The third-order valence-corrected chi connectivity index (χ3v) is 3.88. The summed E-state index contributed by atoms with van der Waals surface area (Å²) in [7, 11) is -1.29. The van der Waals surface area contributed by atoms with Crippen molar-refractivity contribution < 1.29 is 8.42 Å². The first-order valence-electron chi connectivity index (χ1n) is 6.50. The Morgan fingerprint density at radius 1 is 1.25 bits per heavy atom. The van der Waals surface area contributed by atoms with Crippen molar-refractivity contribution in [3.8, 4) is 0 Å². The predicted octanol–water partition coefficient (Wildman–Crippen LogP) is 1.01. The smallest absolute Gasteiger partial charge is 0.191 e. The molecule has 1 aromatic rings. The lowest BCUT2D eigenvalue weighted by molar-refractivity contribution is 0.600. The molecule has 1 aromatic carbocycles. The second-order valence-corrected chi connectivity index (χ2v) is 7.17. The number of aliphatic imine (C=N–C) groups is 1. The number of aryl methyl sites for hydroxylation is 2. The molecule has 0 bridgehead atoms. The molecule has 0 radical (unpaired) electrons. The Hall–Kier alpha value is -1.56. The number of guanidine groups is 1. The second-order valence-electron chi connectivity index (χ2n) is 4.91. The van der Waals surface area contributed by atoms with E-state index in [2.05, 4.69) is 47.7 Å². The van der Waals surface area contributed by atoms with Crippen molar-refractivity contribution >= 4 is 15.8 Å². The lowest BCUT2D eigenvalue weighted by Crippen LogP contribution is -2.39. The highest BCUT2D eigenvalue weighted by Crippen LogP contribution is 2.09. The highest BCUT2D eigenvalue weighted by atomic mass is 32.2. The quantitative estimate of drug-likeness (QED) is 0.629. The van der Waals surface area contributed by atoms with Crippen LogP contribution in [0.25, 0.3) is 0 Å². The summed E-state index contributed by atoms with van der Waals surface area (Å²) in [6.07, 6.45) is 1.22. The molecule has 0 fully saturated rings. The first-order chi connectivity index (χ1) is 9.31. The maximum absolute atomic E-state index is 11.1. The zero-order valence-corrected chi connectivity index (χ0v) is 13.3. The first kappa shape index (κ1) is 16.5. The lowest BCUT2D eigenvalue weighted by Gasteiger charge is -2.13. The molecule has 6 heteroatoms. The van der Waals surface area contributed by atoms with Gasteiger partial charge in [-0.25, -0.2) is 8.42 Å². The molecule has 5 nitrogen and oxygen atoms in total. The van der Waals surface area contributed by atoms with Gasteiger partial charge in [-0.05, 0) is 25.0 Å². The molecule has 0 saturated carbocycles. The van der Waals surface area contributed by atoms with Crippen LogP contribution in [0.2, 0.25) is 0 Å². The van der Waals surface area contributed by atoms with E-state index in [9.17, 15) is 8.42 Å². The molecule has 112 valence electrons. The molecule has 20 heavy (non-hydrogen) atoms. The van der Waals surface area contributed by atoms with Crippen LogP contribution < -0.4 is 10.6 Å². The van der Waals surface area contributed by atoms with E-state index in [0.717, 1.165) is 0 Å².